The fourth-order valence-corrected chi connectivity index (χ4v) is 5.10. The molecule has 0 aromatic carbocycles. The standard InChI is InChI=1S/C23H24F5N5O4/c1-10-13(17(34)20(36)32-22(21(37)29-2)8-23(27,28)9-22)12-4-3-7-33(12)16(10)19(35)31-11-5-6-30-15(14(11)24)18(25)26/h5-6,18-19,35H,3-4,7-9H2,1-2H3,(H,29,37)(H,30,31)(H,32,36). The van der Waals surface area contributed by atoms with E-state index in [1.807, 2.05) is 0 Å². The predicted octanol–water partition coefficient (Wildman–Crippen LogP) is 2.53. The number of carbonyl (C=O) groups is 3. The summed E-state index contributed by atoms with van der Waals surface area (Å²) in [5, 5.41) is 17.6. The smallest absolute Gasteiger partial charge is 0.293 e. The molecule has 200 valence electrons. The molecule has 2 amide bonds. The van der Waals surface area contributed by atoms with Gasteiger partial charge in [0.2, 0.25) is 5.91 Å². The summed E-state index contributed by atoms with van der Waals surface area (Å²) < 4.78 is 69.2. The van der Waals surface area contributed by atoms with Crippen molar-refractivity contribution in [3.63, 3.8) is 0 Å². The molecule has 1 fully saturated rings. The minimum Gasteiger partial charge on any atom is -0.368 e. The first-order chi connectivity index (χ1) is 17.3. The SMILES string of the molecule is CNC(=O)C1(NC(=O)C(=O)c2c(C)c(C(O)Nc3ccnc(C(F)F)c3F)n3c2CCC3)CC(F)(F)C1. The predicted molar refractivity (Wildman–Crippen MR) is 119 cm³/mol. The van der Waals surface area contributed by atoms with E-state index in [1.165, 1.54) is 14.0 Å². The molecule has 0 saturated heterocycles. The summed E-state index contributed by atoms with van der Waals surface area (Å²) in [6.07, 6.45) is -4.93. The maximum Gasteiger partial charge on any atom is 0.293 e. The number of likely N-dealkylation sites (N-methyl/N-ethyl adjacent to an activating group) is 1. The summed E-state index contributed by atoms with van der Waals surface area (Å²) in [4.78, 5) is 41.5. The quantitative estimate of drug-likeness (QED) is 0.180. The van der Waals surface area contributed by atoms with Crippen molar-refractivity contribution < 1.29 is 41.4 Å². The number of ketones is 1. The van der Waals surface area contributed by atoms with E-state index in [9.17, 15) is 41.4 Å². The van der Waals surface area contributed by atoms with Gasteiger partial charge in [-0.05, 0) is 31.4 Å². The number of pyridine rings is 1. The molecule has 2 aromatic rings. The number of alkyl halides is 4. The third-order valence-electron chi connectivity index (χ3n) is 6.70. The largest absolute Gasteiger partial charge is 0.368 e. The molecule has 14 heteroatoms. The van der Waals surface area contributed by atoms with Crippen molar-refractivity contribution >= 4 is 23.3 Å². The van der Waals surface area contributed by atoms with Gasteiger partial charge in [-0.25, -0.2) is 22.0 Å². The number of hydrogen-bond donors (Lipinski definition) is 4. The second kappa shape index (κ2) is 9.39. The van der Waals surface area contributed by atoms with E-state index in [4.69, 9.17) is 0 Å². The fourth-order valence-electron chi connectivity index (χ4n) is 5.10. The van der Waals surface area contributed by atoms with Crippen molar-refractivity contribution in [3.05, 3.63) is 46.3 Å². The van der Waals surface area contributed by atoms with Crippen LogP contribution in [0.25, 0.3) is 0 Å². The van der Waals surface area contributed by atoms with E-state index < -0.39 is 71.8 Å². The zero-order valence-electron chi connectivity index (χ0n) is 19.8. The van der Waals surface area contributed by atoms with E-state index in [1.54, 1.807) is 4.57 Å². The van der Waals surface area contributed by atoms with E-state index in [0.717, 1.165) is 12.3 Å². The lowest BCUT2D eigenvalue weighted by Gasteiger charge is -2.45. The molecule has 0 radical (unpaired) electrons. The van der Waals surface area contributed by atoms with E-state index in [2.05, 4.69) is 20.9 Å². The van der Waals surface area contributed by atoms with Crippen molar-refractivity contribution in [2.24, 2.45) is 0 Å². The fraction of sp³-hybridized carbons (Fsp3) is 0.478. The van der Waals surface area contributed by atoms with Gasteiger partial charge in [-0.1, -0.05) is 0 Å². The number of nitrogens with zero attached hydrogens (tertiary/aromatic N) is 2. The molecule has 2 aliphatic rings. The van der Waals surface area contributed by atoms with Crippen LogP contribution in [0.15, 0.2) is 12.3 Å². The number of amides is 2. The zero-order chi connectivity index (χ0) is 27.3. The highest BCUT2D eigenvalue weighted by molar-refractivity contribution is 6.44. The first-order valence-electron chi connectivity index (χ1n) is 11.4. The van der Waals surface area contributed by atoms with Gasteiger partial charge in [0.1, 0.15) is 11.2 Å². The number of aromatic nitrogens is 2. The number of halogens is 5. The van der Waals surface area contributed by atoms with Crippen molar-refractivity contribution in [3.8, 4) is 0 Å². The van der Waals surface area contributed by atoms with Gasteiger partial charge in [0.15, 0.2) is 12.0 Å². The number of Topliss-reactive ketones (excluding diaryl/α,β-unsaturated/α-hetero) is 1. The minimum atomic E-state index is -3.19. The first-order valence-corrected chi connectivity index (χ1v) is 11.4. The summed E-state index contributed by atoms with van der Waals surface area (Å²) in [7, 11) is 1.22. The summed E-state index contributed by atoms with van der Waals surface area (Å²) in [6, 6.07) is 1.06. The molecule has 0 bridgehead atoms. The van der Waals surface area contributed by atoms with Crippen LogP contribution >= 0.6 is 0 Å². The first kappa shape index (κ1) is 26.5. The van der Waals surface area contributed by atoms with Crippen molar-refractivity contribution in [1.29, 1.82) is 0 Å². The number of aliphatic hydroxyl groups excluding tert-OH is 1. The maximum absolute atomic E-state index is 14.4. The Hall–Kier alpha value is -3.55. The minimum absolute atomic E-state index is 0.0764. The molecule has 1 aliphatic carbocycles. The molecule has 4 N–H and O–H groups in total. The lowest BCUT2D eigenvalue weighted by atomic mass is 9.72. The Kier molecular flexibility index (Phi) is 6.73. The number of aliphatic hydroxyl groups is 1. The Morgan fingerprint density at radius 2 is 1.89 bits per heavy atom. The van der Waals surface area contributed by atoms with Crippen LogP contribution in [0.5, 0.6) is 0 Å². The van der Waals surface area contributed by atoms with Gasteiger partial charge < -0.3 is 25.6 Å². The Labute approximate surface area is 207 Å². The molecule has 9 nitrogen and oxygen atoms in total. The molecular formula is C23H24F5N5O4. The number of rotatable bonds is 8. The molecule has 3 heterocycles. The van der Waals surface area contributed by atoms with E-state index in [0.29, 0.717) is 25.1 Å². The summed E-state index contributed by atoms with van der Waals surface area (Å²) in [5.41, 5.74) is -2.91. The van der Waals surface area contributed by atoms with Gasteiger partial charge in [-0.3, -0.25) is 19.4 Å². The molecule has 4 rings (SSSR count). The van der Waals surface area contributed by atoms with Crippen molar-refractivity contribution in [2.75, 3.05) is 12.4 Å². The van der Waals surface area contributed by atoms with Crippen LogP contribution in [0.1, 0.15) is 64.9 Å². The molecule has 1 unspecified atom stereocenters. The van der Waals surface area contributed by atoms with Crippen LogP contribution in [-0.4, -0.2) is 50.8 Å². The second-order valence-electron chi connectivity index (χ2n) is 9.15. The van der Waals surface area contributed by atoms with E-state index >= 15 is 0 Å². The highest BCUT2D eigenvalue weighted by Crippen LogP contribution is 2.46. The average Bonchev–Trinajstić information content (AvgIpc) is 3.37. The lowest BCUT2D eigenvalue weighted by molar-refractivity contribution is -0.164. The highest BCUT2D eigenvalue weighted by Gasteiger charge is 2.62. The molecule has 0 spiro atoms. The topological polar surface area (TPSA) is 125 Å². The Balaban J connectivity index is 1.63. The van der Waals surface area contributed by atoms with E-state index in [-0.39, 0.29) is 16.8 Å². The van der Waals surface area contributed by atoms with Gasteiger partial charge in [0, 0.05) is 38.3 Å². The normalized spacial score (nSPS) is 18.1. The van der Waals surface area contributed by atoms with Crippen LogP contribution in [0.4, 0.5) is 27.6 Å². The van der Waals surface area contributed by atoms with Crippen molar-refractivity contribution in [1.82, 2.24) is 20.2 Å². The molecule has 1 aliphatic heterocycles. The third kappa shape index (κ3) is 4.54. The van der Waals surface area contributed by atoms with Gasteiger partial charge in [0.05, 0.1) is 16.9 Å². The number of carbonyl (C=O) groups excluding carboxylic acids is 3. The molecule has 1 atom stereocenters. The number of hydrogen-bond acceptors (Lipinski definition) is 6. The number of fused-ring (bicyclic) bond motifs is 1. The van der Waals surface area contributed by atoms with Crippen LogP contribution in [0.3, 0.4) is 0 Å². The summed E-state index contributed by atoms with van der Waals surface area (Å²) in [5.74, 6) is -7.74. The molecule has 1 saturated carbocycles. The van der Waals surface area contributed by atoms with Crippen LogP contribution < -0.4 is 16.0 Å². The second-order valence-corrected chi connectivity index (χ2v) is 9.15. The number of nitrogens with one attached hydrogen (secondary N) is 3. The zero-order valence-corrected chi connectivity index (χ0v) is 19.8. The molecular weight excluding hydrogens is 505 g/mol. The van der Waals surface area contributed by atoms with Crippen LogP contribution in [0.2, 0.25) is 0 Å². The van der Waals surface area contributed by atoms with Gasteiger partial charge in [-0.15, -0.1) is 0 Å². The lowest BCUT2D eigenvalue weighted by Crippen LogP contribution is -2.69. The average molecular weight is 529 g/mol. The Morgan fingerprint density at radius 1 is 1.22 bits per heavy atom. The number of anilines is 1. The van der Waals surface area contributed by atoms with Gasteiger partial charge in [0.25, 0.3) is 24.0 Å². The van der Waals surface area contributed by atoms with Crippen molar-refractivity contribution in [2.45, 2.75) is 63.3 Å². The Bertz CT molecular complexity index is 1270. The molecule has 2 aromatic heterocycles. The maximum atomic E-state index is 14.4. The summed E-state index contributed by atoms with van der Waals surface area (Å²) in [6.45, 7) is 1.78. The third-order valence-corrected chi connectivity index (χ3v) is 6.70. The van der Waals surface area contributed by atoms with Gasteiger partial charge in [-0.2, -0.15) is 0 Å². The van der Waals surface area contributed by atoms with Crippen LogP contribution in [0, 0.1) is 12.7 Å². The summed E-state index contributed by atoms with van der Waals surface area (Å²) >= 11 is 0. The highest BCUT2D eigenvalue weighted by atomic mass is 19.3. The van der Waals surface area contributed by atoms with Gasteiger partial charge >= 0.3 is 0 Å². The van der Waals surface area contributed by atoms with Crippen LogP contribution in [-0.2, 0) is 22.6 Å². The Morgan fingerprint density at radius 3 is 2.49 bits per heavy atom. The molecule has 37 heavy (non-hydrogen) atoms. The monoisotopic (exact) mass is 529 g/mol.